The van der Waals surface area contributed by atoms with Crippen LogP contribution in [0.5, 0.6) is 0 Å². The van der Waals surface area contributed by atoms with E-state index >= 15 is 0 Å². The van der Waals surface area contributed by atoms with Crippen molar-refractivity contribution in [3.63, 3.8) is 0 Å². The summed E-state index contributed by atoms with van der Waals surface area (Å²) in [4.78, 5) is 23.7. The van der Waals surface area contributed by atoms with Gasteiger partial charge in [0.1, 0.15) is 5.82 Å². The number of amides is 1. The molecule has 1 amide bonds. The van der Waals surface area contributed by atoms with Gasteiger partial charge < -0.3 is 10.4 Å². The van der Waals surface area contributed by atoms with E-state index < -0.39 is 17.8 Å². The number of halogens is 1. The summed E-state index contributed by atoms with van der Waals surface area (Å²) in [6.07, 6.45) is 4.57. The van der Waals surface area contributed by atoms with Crippen LogP contribution in [0.4, 0.5) is 4.39 Å². The molecule has 1 fully saturated rings. The second-order valence-electron chi connectivity index (χ2n) is 5.69. The van der Waals surface area contributed by atoms with Crippen molar-refractivity contribution in [3.8, 4) is 0 Å². The number of hydrogen-bond acceptors (Lipinski definition) is 2. The molecule has 0 aliphatic heterocycles. The van der Waals surface area contributed by atoms with E-state index in [-0.39, 0.29) is 30.1 Å². The Labute approximate surface area is 121 Å². The SMILES string of the molecule is O=C(O)C1C2C=CC(C2)C1C(=O)NCc1cccc(F)c1. The maximum absolute atomic E-state index is 13.1. The normalized spacial score (nSPS) is 29.6. The van der Waals surface area contributed by atoms with Gasteiger partial charge >= 0.3 is 5.97 Å². The zero-order valence-electron chi connectivity index (χ0n) is 11.3. The number of hydrogen-bond donors (Lipinski definition) is 2. The quantitative estimate of drug-likeness (QED) is 0.833. The predicted octanol–water partition coefficient (Wildman–Crippen LogP) is 1.96. The second-order valence-corrected chi connectivity index (χ2v) is 5.69. The minimum atomic E-state index is -0.919. The summed E-state index contributed by atoms with van der Waals surface area (Å²) in [5.41, 5.74) is 0.661. The number of carbonyl (C=O) groups is 2. The van der Waals surface area contributed by atoms with E-state index in [1.54, 1.807) is 12.1 Å². The fourth-order valence-electron chi connectivity index (χ4n) is 3.47. The first-order valence-electron chi connectivity index (χ1n) is 6.99. The van der Waals surface area contributed by atoms with Crippen molar-refractivity contribution < 1.29 is 19.1 Å². The maximum Gasteiger partial charge on any atom is 0.307 e. The summed E-state index contributed by atoms with van der Waals surface area (Å²) < 4.78 is 13.1. The Morgan fingerprint density at radius 1 is 1.24 bits per heavy atom. The van der Waals surface area contributed by atoms with Crippen molar-refractivity contribution in [2.24, 2.45) is 23.7 Å². The predicted molar refractivity (Wildman–Crippen MR) is 73.6 cm³/mol. The van der Waals surface area contributed by atoms with Crippen LogP contribution in [0.2, 0.25) is 0 Å². The van der Waals surface area contributed by atoms with Crippen molar-refractivity contribution in [3.05, 3.63) is 47.8 Å². The van der Waals surface area contributed by atoms with Gasteiger partial charge in [-0.15, -0.1) is 0 Å². The molecule has 2 aliphatic rings. The summed E-state index contributed by atoms with van der Waals surface area (Å²) in [7, 11) is 0. The van der Waals surface area contributed by atoms with Gasteiger partial charge in [-0.1, -0.05) is 24.3 Å². The van der Waals surface area contributed by atoms with E-state index in [1.165, 1.54) is 12.1 Å². The first kappa shape index (κ1) is 13.8. The Morgan fingerprint density at radius 2 is 1.95 bits per heavy atom. The lowest BCUT2D eigenvalue weighted by Gasteiger charge is -2.23. The molecule has 3 rings (SSSR count). The van der Waals surface area contributed by atoms with Gasteiger partial charge in [-0.2, -0.15) is 0 Å². The number of rotatable bonds is 4. The molecule has 1 saturated carbocycles. The summed E-state index contributed by atoms with van der Waals surface area (Å²) in [5.74, 6) is -2.74. The molecule has 1 aromatic carbocycles. The van der Waals surface area contributed by atoms with Crippen LogP contribution in [-0.2, 0) is 16.1 Å². The number of carboxylic acid groups (broad SMARTS) is 1. The topological polar surface area (TPSA) is 66.4 Å². The number of benzene rings is 1. The van der Waals surface area contributed by atoms with Crippen LogP contribution in [0.15, 0.2) is 36.4 Å². The fourth-order valence-corrected chi connectivity index (χ4v) is 3.47. The van der Waals surface area contributed by atoms with Gasteiger partial charge in [0, 0.05) is 6.54 Å². The molecule has 2 N–H and O–H groups in total. The summed E-state index contributed by atoms with van der Waals surface area (Å²) in [6, 6.07) is 6.00. The van der Waals surface area contributed by atoms with Crippen molar-refractivity contribution in [1.82, 2.24) is 5.32 Å². The van der Waals surface area contributed by atoms with E-state index in [0.717, 1.165) is 6.42 Å². The van der Waals surface area contributed by atoms with Crippen molar-refractivity contribution >= 4 is 11.9 Å². The zero-order valence-corrected chi connectivity index (χ0v) is 11.3. The van der Waals surface area contributed by atoms with Crippen LogP contribution >= 0.6 is 0 Å². The minimum absolute atomic E-state index is 0.00334. The molecule has 1 aromatic rings. The van der Waals surface area contributed by atoms with Crippen LogP contribution in [0.3, 0.4) is 0 Å². The summed E-state index contributed by atoms with van der Waals surface area (Å²) >= 11 is 0. The van der Waals surface area contributed by atoms with Crippen LogP contribution < -0.4 is 5.32 Å². The van der Waals surface area contributed by atoms with E-state index in [4.69, 9.17) is 0 Å². The minimum Gasteiger partial charge on any atom is -0.481 e. The van der Waals surface area contributed by atoms with E-state index in [2.05, 4.69) is 5.32 Å². The third kappa shape index (κ3) is 2.55. The molecule has 21 heavy (non-hydrogen) atoms. The Morgan fingerprint density at radius 3 is 2.62 bits per heavy atom. The standard InChI is InChI=1S/C16H16FNO3/c17-12-3-1-2-9(6-12)8-18-15(19)13-10-4-5-11(7-10)14(13)16(20)21/h1-6,10-11,13-14H,7-8H2,(H,18,19)(H,20,21). The molecule has 0 radical (unpaired) electrons. The first-order chi connectivity index (χ1) is 10.1. The number of fused-ring (bicyclic) bond motifs is 2. The molecule has 0 saturated heterocycles. The molecule has 2 bridgehead atoms. The van der Waals surface area contributed by atoms with Crippen molar-refractivity contribution in [1.29, 1.82) is 0 Å². The van der Waals surface area contributed by atoms with Crippen LogP contribution in [0.25, 0.3) is 0 Å². The van der Waals surface area contributed by atoms with E-state index in [0.29, 0.717) is 5.56 Å². The zero-order chi connectivity index (χ0) is 15.0. The molecule has 5 heteroatoms. The lowest BCUT2D eigenvalue weighted by atomic mass is 9.82. The van der Waals surface area contributed by atoms with Crippen molar-refractivity contribution in [2.75, 3.05) is 0 Å². The van der Waals surface area contributed by atoms with Crippen LogP contribution in [0, 0.1) is 29.5 Å². The highest BCUT2D eigenvalue weighted by atomic mass is 19.1. The molecule has 4 unspecified atom stereocenters. The Balaban J connectivity index is 1.68. The Hall–Kier alpha value is -2.17. The Kier molecular flexibility index (Phi) is 3.49. The lowest BCUT2D eigenvalue weighted by Crippen LogP contribution is -2.39. The average Bonchev–Trinajstić information content (AvgIpc) is 3.05. The highest BCUT2D eigenvalue weighted by molar-refractivity contribution is 5.86. The van der Waals surface area contributed by atoms with E-state index in [1.807, 2.05) is 12.2 Å². The molecule has 4 nitrogen and oxygen atoms in total. The molecule has 0 heterocycles. The number of aliphatic carboxylic acids is 1. The molecule has 110 valence electrons. The maximum atomic E-state index is 13.1. The van der Waals surface area contributed by atoms with Gasteiger partial charge in [0.25, 0.3) is 0 Å². The van der Waals surface area contributed by atoms with Gasteiger partial charge in [0.2, 0.25) is 5.91 Å². The lowest BCUT2D eigenvalue weighted by molar-refractivity contribution is -0.147. The fraction of sp³-hybridized carbons (Fsp3) is 0.375. The van der Waals surface area contributed by atoms with Crippen LogP contribution in [0.1, 0.15) is 12.0 Å². The molecule has 4 atom stereocenters. The van der Waals surface area contributed by atoms with Crippen molar-refractivity contribution in [2.45, 2.75) is 13.0 Å². The van der Waals surface area contributed by atoms with Gasteiger partial charge in [-0.05, 0) is 36.0 Å². The van der Waals surface area contributed by atoms with Gasteiger partial charge in [-0.3, -0.25) is 9.59 Å². The van der Waals surface area contributed by atoms with Gasteiger partial charge in [0.05, 0.1) is 11.8 Å². The number of carbonyl (C=O) groups excluding carboxylic acids is 1. The molecular formula is C16H16FNO3. The number of carboxylic acids is 1. The summed E-state index contributed by atoms with van der Waals surface area (Å²) in [6.45, 7) is 0.209. The monoisotopic (exact) mass is 289 g/mol. The van der Waals surface area contributed by atoms with Gasteiger partial charge in [0.15, 0.2) is 0 Å². The highest BCUT2D eigenvalue weighted by Crippen LogP contribution is 2.48. The molecule has 0 spiro atoms. The average molecular weight is 289 g/mol. The van der Waals surface area contributed by atoms with Crippen LogP contribution in [-0.4, -0.2) is 17.0 Å². The third-order valence-corrected chi connectivity index (χ3v) is 4.40. The second kappa shape index (κ2) is 5.31. The van der Waals surface area contributed by atoms with E-state index in [9.17, 15) is 19.1 Å². The first-order valence-corrected chi connectivity index (χ1v) is 6.99. The number of nitrogens with one attached hydrogen (secondary N) is 1. The van der Waals surface area contributed by atoms with Gasteiger partial charge in [-0.25, -0.2) is 4.39 Å². The Bertz CT molecular complexity index is 613. The smallest absolute Gasteiger partial charge is 0.307 e. The molecule has 2 aliphatic carbocycles. The third-order valence-electron chi connectivity index (χ3n) is 4.40. The largest absolute Gasteiger partial charge is 0.481 e. The highest BCUT2D eigenvalue weighted by Gasteiger charge is 2.51. The molecule has 0 aromatic heterocycles. The number of allylic oxidation sites excluding steroid dienone is 2. The molecular weight excluding hydrogens is 273 g/mol. The summed E-state index contributed by atoms with van der Waals surface area (Å²) in [5, 5.41) is 12.0.